The summed E-state index contributed by atoms with van der Waals surface area (Å²) in [6.45, 7) is 5.59. The molecule has 0 saturated heterocycles. The molecular weight excluding hydrogens is 472 g/mol. The van der Waals surface area contributed by atoms with Gasteiger partial charge >= 0.3 is 0 Å². The summed E-state index contributed by atoms with van der Waals surface area (Å²) in [6.07, 6.45) is 1.69. The van der Waals surface area contributed by atoms with Gasteiger partial charge in [-0.2, -0.15) is 5.10 Å². The molecule has 37 heavy (non-hydrogen) atoms. The molecule has 5 aromatic rings. The van der Waals surface area contributed by atoms with E-state index in [1.807, 2.05) is 18.2 Å². The molecule has 6 rings (SSSR count). The molecular formula is C28H25F2N7. The summed E-state index contributed by atoms with van der Waals surface area (Å²) >= 11 is 0. The molecule has 0 fully saturated rings. The summed E-state index contributed by atoms with van der Waals surface area (Å²) in [6, 6.07) is 16.9. The number of halogens is 2. The topological polar surface area (TPSA) is 80.6 Å². The van der Waals surface area contributed by atoms with E-state index in [0.717, 1.165) is 22.3 Å². The third-order valence-electron chi connectivity index (χ3n) is 6.63. The molecule has 0 saturated carbocycles. The highest BCUT2D eigenvalue weighted by atomic mass is 19.1. The van der Waals surface area contributed by atoms with E-state index >= 15 is 0 Å². The fourth-order valence-corrected chi connectivity index (χ4v) is 4.76. The van der Waals surface area contributed by atoms with E-state index in [9.17, 15) is 8.78 Å². The van der Waals surface area contributed by atoms with Crippen LogP contribution >= 0.6 is 0 Å². The van der Waals surface area contributed by atoms with Crippen molar-refractivity contribution in [1.29, 1.82) is 0 Å². The Labute approximate surface area is 212 Å². The fourth-order valence-electron chi connectivity index (χ4n) is 4.76. The van der Waals surface area contributed by atoms with Crippen molar-refractivity contribution in [3.63, 3.8) is 0 Å². The minimum absolute atomic E-state index is 0.202. The number of hydrogen-bond acceptors (Lipinski definition) is 6. The third-order valence-corrected chi connectivity index (χ3v) is 6.63. The highest BCUT2D eigenvalue weighted by molar-refractivity contribution is 5.90. The minimum atomic E-state index is -0.298. The van der Waals surface area contributed by atoms with Crippen LogP contribution in [0.15, 0.2) is 66.9 Å². The Kier molecular flexibility index (Phi) is 5.55. The maximum atomic E-state index is 14.4. The number of pyridine rings is 1. The van der Waals surface area contributed by atoms with Crippen molar-refractivity contribution in [2.45, 2.75) is 32.4 Å². The number of fused-ring (bicyclic) bond motifs is 2. The van der Waals surface area contributed by atoms with Crippen LogP contribution in [0.5, 0.6) is 0 Å². The van der Waals surface area contributed by atoms with Gasteiger partial charge in [-0.05, 0) is 35.9 Å². The van der Waals surface area contributed by atoms with Crippen LogP contribution < -0.4 is 10.6 Å². The number of aromatic nitrogens is 5. The third kappa shape index (κ3) is 4.26. The summed E-state index contributed by atoms with van der Waals surface area (Å²) in [5.74, 6) is 1.25. The maximum absolute atomic E-state index is 14.4. The molecule has 4 heterocycles. The summed E-state index contributed by atoms with van der Waals surface area (Å²) in [5, 5.41) is 12.4. The standard InChI is InChI=1S/C28H25F2N7/c1-28(2)16-33-25-22(28)24(32-14-17-7-5-9-19(29)13-17)34-26(35-25)23-20-10-6-12-31-27(20)37(36-23)15-18-8-3-4-11-21(18)30/h3-13H,14-16H2,1-2H3,(H2,32,33,34,35). The SMILES string of the molecule is CC1(C)CNc2nc(-c3nn(Cc4ccccc4F)c4ncccc34)nc(NCc3cccc(F)c3)c21. The molecule has 0 amide bonds. The summed E-state index contributed by atoms with van der Waals surface area (Å²) in [7, 11) is 0. The van der Waals surface area contributed by atoms with Gasteiger partial charge < -0.3 is 10.6 Å². The van der Waals surface area contributed by atoms with E-state index in [4.69, 9.17) is 15.1 Å². The fraction of sp³-hybridized carbons (Fsp3) is 0.214. The summed E-state index contributed by atoms with van der Waals surface area (Å²) in [5.41, 5.74) is 3.27. The van der Waals surface area contributed by atoms with E-state index < -0.39 is 0 Å². The Morgan fingerprint density at radius 3 is 2.73 bits per heavy atom. The Hall–Kier alpha value is -4.40. The van der Waals surface area contributed by atoms with Crippen LogP contribution in [0, 0.1) is 11.6 Å². The lowest BCUT2D eigenvalue weighted by Gasteiger charge is -2.20. The summed E-state index contributed by atoms with van der Waals surface area (Å²) < 4.78 is 29.8. The average Bonchev–Trinajstić information content (AvgIpc) is 3.41. The lowest BCUT2D eigenvalue weighted by atomic mass is 9.88. The molecule has 1 aliphatic rings. The van der Waals surface area contributed by atoms with Gasteiger partial charge in [0.2, 0.25) is 0 Å². The molecule has 186 valence electrons. The van der Waals surface area contributed by atoms with Gasteiger partial charge in [0.1, 0.15) is 29.0 Å². The first-order valence-electron chi connectivity index (χ1n) is 12.1. The molecule has 0 atom stereocenters. The first-order valence-corrected chi connectivity index (χ1v) is 12.1. The van der Waals surface area contributed by atoms with Gasteiger partial charge in [-0.1, -0.05) is 44.2 Å². The van der Waals surface area contributed by atoms with Gasteiger partial charge in [0.25, 0.3) is 0 Å². The lowest BCUT2D eigenvalue weighted by molar-refractivity contribution is 0.585. The molecule has 0 bridgehead atoms. The van der Waals surface area contributed by atoms with Gasteiger partial charge in [-0.3, -0.25) is 0 Å². The number of anilines is 2. The highest BCUT2D eigenvalue weighted by Crippen LogP contribution is 2.41. The number of benzene rings is 2. The van der Waals surface area contributed by atoms with E-state index in [0.29, 0.717) is 41.6 Å². The Morgan fingerprint density at radius 1 is 1.03 bits per heavy atom. The van der Waals surface area contributed by atoms with Crippen LogP contribution in [0.2, 0.25) is 0 Å². The number of nitrogens with zero attached hydrogens (tertiary/aromatic N) is 5. The second-order valence-corrected chi connectivity index (χ2v) is 9.81. The first kappa shape index (κ1) is 23.0. The monoisotopic (exact) mass is 497 g/mol. The second kappa shape index (κ2) is 8.92. The smallest absolute Gasteiger partial charge is 0.184 e. The number of rotatable bonds is 6. The van der Waals surface area contributed by atoms with E-state index in [1.54, 1.807) is 35.1 Å². The maximum Gasteiger partial charge on any atom is 0.184 e. The van der Waals surface area contributed by atoms with Crippen molar-refractivity contribution < 1.29 is 8.78 Å². The zero-order valence-electron chi connectivity index (χ0n) is 20.5. The minimum Gasteiger partial charge on any atom is -0.369 e. The van der Waals surface area contributed by atoms with Gasteiger partial charge in [-0.15, -0.1) is 0 Å². The predicted molar refractivity (Wildman–Crippen MR) is 139 cm³/mol. The lowest BCUT2D eigenvalue weighted by Crippen LogP contribution is -2.21. The molecule has 0 spiro atoms. The van der Waals surface area contributed by atoms with Crippen molar-refractivity contribution in [3.8, 4) is 11.5 Å². The van der Waals surface area contributed by atoms with Crippen LogP contribution in [-0.2, 0) is 18.5 Å². The first-order chi connectivity index (χ1) is 17.9. The largest absolute Gasteiger partial charge is 0.369 e. The molecule has 7 nitrogen and oxygen atoms in total. The number of nitrogens with one attached hydrogen (secondary N) is 2. The van der Waals surface area contributed by atoms with E-state index in [2.05, 4.69) is 29.5 Å². The molecule has 0 radical (unpaired) electrons. The Balaban J connectivity index is 1.44. The normalized spacial score (nSPS) is 13.9. The van der Waals surface area contributed by atoms with Crippen molar-refractivity contribution in [3.05, 3.63) is 95.2 Å². The van der Waals surface area contributed by atoms with Gasteiger partial charge in [-0.25, -0.2) is 28.4 Å². The zero-order valence-corrected chi connectivity index (χ0v) is 20.5. The van der Waals surface area contributed by atoms with Crippen LogP contribution in [0.25, 0.3) is 22.6 Å². The molecule has 1 aliphatic heterocycles. The number of hydrogen-bond donors (Lipinski definition) is 2. The van der Waals surface area contributed by atoms with Crippen molar-refractivity contribution in [1.82, 2.24) is 24.7 Å². The van der Waals surface area contributed by atoms with Crippen LogP contribution in [0.1, 0.15) is 30.5 Å². The second-order valence-electron chi connectivity index (χ2n) is 9.81. The van der Waals surface area contributed by atoms with E-state index in [-0.39, 0.29) is 23.6 Å². The van der Waals surface area contributed by atoms with Crippen molar-refractivity contribution in [2.24, 2.45) is 0 Å². The quantitative estimate of drug-likeness (QED) is 0.321. The molecule has 2 N–H and O–H groups in total. The van der Waals surface area contributed by atoms with Gasteiger partial charge in [0.05, 0.1) is 11.9 Å². The molecule has 9 heteroatoms. The van der Waals surface area contributed by atoms with Crippen molar-refractivity contribution in [2.75, 3.05) is 17.2 Å². The molecule has 0 unspecified atom stereocenters. The predicted octanol–water partition coefficient (Wildman–Crippen LogP) is 5.53. The van der Waals surface area contributed by atoms with E-state index in [1.165, 1.54) is 18.2 Å². The van der Waals surface area contributed by atoms with Crippen molar-refractivity contribution >= 4 is 22.7 Å². The Morgan fingerprint density at radius 2 is 1.89 bits per heavy atom. The zero-order chi connectivity index (χ0) is 25.6. The molecule has 2 aromatic carbocycles. The Bertz CT molecular complexity index is 1630. The van der Waals surface area contributed by atoms with Gasteiger partial charge in [0, 0.05) is 35.8 Å². The highest BCUT2D eigenvalue weighted by Gasteiger charge is 2.35. The van der Waals surface area contributed by atoms with Crippen LogP contribution in [-0.4, -0.2) is 31.3 Å². The van der Waals surface area contributed by atoms with Crippen LogP contribution in [0.3, 0.4) is 0 Å². The average molecular weight is 498 g/mol. The molecule has 3 aromatic heterocycles. The van der Waals surface area contributed by atoms with Gasteiger partial charge in [0.15, 0.2) is 11.5 Å². The molecule has 0 aliphatic carbocycles. The summed E-state index contributed by atoms with van der Waals surface area (Å²) in [4.78, 5) is 14.3. The van der Waals surface area contributed by atoms with Crippen LogP contribution in [0.4, 0.5) is 20.4 Å².